The largest absolute Gasteiger partial charge is 0.366 e. The summed E-state index contributed by atoms with van der Waals surface area (Å²) in [6.45, 7) is 1.75. The van der Waals surface area contributed by atoms with Crippen molar-refractivity contribution in [2.75, 3.05) is 0 Å². The van der Waals surface area contributed by atoms with E-state index in [9.17, 15) is 4.79 Å². The van der Waals surface area contributed by atoms with E-state index in [2.05, 4.69) is 4.98 Å². The Labute approximate surface area is 69.9 Å². The minimum atomic E-state index is -0.497. The van der Waals surface area contributed by atoms with E-state index in [1.54, 1.807) is 13.0 Å². The topological polar surface area (TPSA) is 79.8 Å². The van der Waals surface area contributed by atoms with Crippen LogP contribution in [0.1, 0.15) is 21.7 Å². The van der Waals surface area contributed by atoms with Crippen molar-refractivity contribution in [2.24, 2.45) is 5.73 Å². The predicted molar refractivity (Wildman–Crippen MR) is 45.4 cm³/mol. The molecule has 1 rings (SSSR count). The molecule has 0 saturated heterocycles. The molecule has 0 unspecified atom stereocenters. The van der Waals surface area contributed by atoms with Crippen molar-refractivity contribution in [3.63, 3.8) is 0 Å². The first kappa shape index (κ1) is 8.39. The van der Waals surface area contributed by atoms with Gasteiger partial charge in [0.1, 0.15) is 0 Å². The molecule has 1 amide bonds. The number of pyridine rings is 1. The third-order valence-corrected chi connectivity index (χ3v) is 1.41. The van der Waals surface area contributed by atoms with Gasteiger partial charge in [-0.05, 0) is 19.1 Å². The van der Waals surface area contributed by atoms with Gasteiger partial charge in [-0.25, -0.2) is 0 Å². The van der Waals surface area contributed by atoms with Crippen LogP contribution in [0, 0.1) is 12.3 Å². The number of primary amides is 1. The lowest BCUT2D eigenvalue weighted by molar-refractivity contribution is 0.1000. The Hall–Kier alpha value is -1.71. The maximum atomic E-state index is 10.7. The number of carbonyl (C=O) groups is 1. The second kappa shape index (κ2) is 3.13. The minimum absolute atomic E-state index is 0.390. The molecule has 0 spiro atoms. The summed E-state index contributed by atoms with van der Waals surface area (Å²) in [5.41, 5.74) is 6.59. The fourth-order valence-corrected chi connectivity index (χ4v) is 0.910. The Kier molecular flexibility index (Phi) is 2.19. The minimum Gasteiger partial charge on any atom is -0.366 e. The van der Waals surface area contributed by atoms with E-state index in [0.29, 0.717) is 17.0 Å². The number of rotatable bonds is 2. The quantitative estimate of drug-likeness (QED) is 0.622. The number of hydrogen-bond donors (Lipinski definition) is 2. The maximum Gasteiger partial charge on any atom is 0.248 e. The summed E-state index contributed by atoms with van der Waals surface area (Å²) >= 11 is 0. The van der Waals surface area contributed by atoms with Gasteiger partial charge in [0.15, 0.2) is 0 Å². The molecular weight excluding hydrogens is 154 g/mol. The van der Waals surface area contributed by atoms with E-state index in [1.807, 2.05) is 0 Å². The summed E-state index contributed by atoms with van der Waals surface area (Å²) in [6, 6.07) is 3.08. The first-order valence-electron chi connectivity index (χ1n) is 3.42. The Morgan fingerprint density at radius 2 is 2.33 bits per heavy atom. The Bertz CT molecular complexity index is 333. The van der Waals surface area contributed by atoms with E-state index < -0.39 is 5.91 Å². The second-order valence-electron chi connectivity index (χ2n) is 2.43. The fraction of sp³-hybridized carbons (Fsp3) is 0.125. The van der Waals surface area contributed by atoms with Gasteiger partial charge in [0.05, 0.1) is 5.69 Å². The molecule has 0 radical (unpaired) electrons. The van der Waals surface area contributed by atoms with Gasteiger partial charge in [0.2, 0.25) is 5.91 Å². The summed E-state index contributed by atoms with van der Waals surface area (Å²) in [4.78, 5) is 14.7. The molecule has 3 N–H and O–H groups in total. The number of carbonyl (C=O) groups excluding carboxylic acids is 1. The van der Waals surface area contributed by atoms with E-state index in [4.69, 9.17) is 11.1 Å². The summed E-state index contributed by atoms with van der Waals surface area (Å²) in [5.74, 6) is -0.497. The maximum absolute atomic E-state index is 10.7. The smallest absolute Gasteiger partial charge is 0.248 e. The van der Waals surface area contributed by atoms with Crippen LogP contribution in [0.4, 0.5) is 0 Å². The molecule has 4 nitrogen and oxygen atoms in total. The zero-order valence-corrected chi connectivity index (χ0v) is 6.66. The number of aromatic nitrogens is 1. The van der Waals surface area contributed by atoms with E-state index in [0.717, 1.165) is 6.21 Å². The highest BCUT2D eigenvalue weighted by Crippen LogP contribution is 2.02. The molecule has 0 atom stereocenters. The van der Waals surface area contributed by atoms with Crippen LogP contribution >= 0.6 is 0 Å². The van der Waals surface area contributed by atoms with Gasteiger partial charge < -0.3 is 11.1 Å². The molecule has 0 aliphatic heterocycles. The van der Waals surface area contributed by atoms with Crippen LogP contribution < -0.4 is 5.73 Å². The van der Waals surface area contributed by atoms with Crippen molar-refractivity contribution in [1.82, 2.24) is 4.98 Å². The highest BCUT2D eigenvalue weighted by atomic mass is 16.1. The summed E-state index contributed by atoms with van der Waals surface area (Å²) in [5, 5.41) is 6.94. The zero-order valence-electron chi connectivity index (χ0n) is 6.66. The van der Waals surface area contributed by atoms with Crippen LogP contribution in [0.2, 0.25) is 0 Å². The molecule has 0 aliphatic rings. The molecule has 0 aromatic carbocycles. The molecule has 1 aromatic heterocycles. The third kappa shape index (κ3) is 1.66. The predicted octanol–water partition coefficient (Wildman–Crippen LogP) is 0.487. The molecule has 4 heteroatoms. The van der Waals surface area contributed by atoms with Crippen molar-refractivity contribution in [1.29, 1.82) is 5.41 Å². The molecule has 12 heavy (non-hydrogen) atoms. The molecule has 0 aliphatic carbocycles. The summed E-state index contributed by atoms with van der Waals surface area (Å²) < 4.78 is 0. The van der Waals surface area contributed by atoms with Gasteiger partial charge in [-0.2, -0.15) is 0 Å². The van der Waals surface area contributed by atoms with Gasteiger partial charge in [0.25, 0.3) is 0 Å². The number of nitrogens with one attached hydrogen (secondary N) is 1. The number of amides is 1. The molecular formula is C8H9N3O. The van der Waals surface area contributed by atoms with Gasteiger partial charge in [-0.1, -0.05) is 0 Å². The zero-order chi connectivity index (χ0) is 9.14. The van der Waals surface area contributed by atoms with Crippen LogP contribution in [0.5, 0.6) is 0 Å². The number of nitrogens with two attached hydrogens (primary N) is 1. The van der Waals surface area contributed by atoms with Crippen molar-refractivity contribution in [3.05, 3.63) is 29.1 Å². The van der Waals surface area contributed by atoms with Crippen molar-refractivity contribution < 1.29 is 4.79 Å². The molecule has 62 valence electrons. The molecule has 1 aromatic rings. The highest BCUT2D eigenvalue weighted by Gasteiger charge is 2.02. The Morgan fingerprint density at radius 1 is 1.67 bits per heavy atom. The third-order valence-electron chi connectivity index (χ3n) is 1.41. The monoisotopic (exact) mass is 163 g/mol. The highest BCUT2D eigenvalue weighted by molar-refractivity contribution is 5.94. The van der Waals surface area contributed by atoms with Crippen molar-refractivity contribution in [2.45, 2.75) is 6.92 Å². The first-order valence-corrected chi connectivity index (χ1v) is 3.42. The lowest BCUT2D eigenvalue weighted by Gasteiger charge is -1.98. The number of nitrogens with zero attached hydrogens (tertiary/aromatic N) is 1. The van der Waals surface area contributed by atoms with E-state index in [-0.39, 0.29) is 0 Å². The van der Waals surface area contributed by atoms with Gasteiger partial charge in [0, 0.05) is 17.5 Å². The second-order valence-corrected chi connectivity index (χ2v) is 2.43. The Balaban J connectivity index is 3.23. The summed E-state index contributed by atoms with van der Waals surface area (Å²) in [7, 11) is 0. The average molecular weight is 163 g/mol. The Morgan fingerprint density at radius 3 is 2.83 bits per heavy atom. The normalized spacial score (nSPS) is 9.42. The van der Waals surface area contributed by atoms with Crippen LogP contribution in [0.15, 0.2) is 12.1 Å². The molecule has 0 fully saturated rings. The van der Waals surface area contributed by atoms with Crippen molar-refractivity contribution in [3.8, 4) is 0 Å². The van der Waals surface area contributed by atoms with Gasteiger partial charge in [-0.3, -0.25) is 9.78 Å². The number of hydrogen-bond acceptors (Lipinski definition) is 3. The van der Waals surface area contributed by atoms with E-state index >= 15 is 0 Å². The SMILES string of the molecule is Cc1cc(C(N)=O)cc(C=N)n1. The first-order chi connectivity index (χ1) is 5.63. The number of aryl methyl sites for hydroxylation is 1. The van der Waals surface area contributed by atoms with Crippen molar-refractivity contribution >= 4 is 12.1 Å². The lowest BCUT2D eigenvalue weighted by atomic mass is 10.2. The lowest BCUT2D eigenvalue weighted by Crippen LogP contribution is -2.12. The fourth-order valence-electron chi connectivity index (χ4n) is 0.910. The molecule has 0 saturated carbocycles. The summed E-state index contributed by atoms with van der Waals surface area (Å²) in [6.07, 6.45) is 1.08. The molecule has 0 bridgehead atoms. The van der Waals surface area contributed by atoms with Gasteiger partial charge >= 0.3 is 0 Å². The standard InChI is InChI=1S/C8H9N3O/c1-5-2-6(8(10)12)3-7(4-9)11-5/h2-4,9H,1H3,(H2,10,12). The van der Waals surface area contributed by atoms with Gasteiger partial charge in [-0.15, -0.1) is 0 Å². The van der Waals surface area contributed by atoms with Crippen LogP contribution in [0.3, 0.4) is 0 Å². The van der Waals surface area contributed by atoms with Crippen LogP contribution in [-0.2, 0) is 0 Å². The van der Waals surface area contributed by atoms with Crippen LogP contribution in [0.25, 0.3) is 0 Å². The molecule has 1 heterocycles. The van der Waals surface area contributed by atoms with E-state index in [1.165, 1.54) is 6.07 Å². The van der Waals surface area contributed by atoms with Crippen LogP contribution in [-0.4, -0.2) is 17.1 Å². The average Bonchev–Trinajstić information content (AvgIpc) is 2.03.